The number of aryl methyl sites for hydroxylation is 1. The topological polar surface area (TPSA) is 47.0 Å². The van der Waals surface area contributed by atoms with E-state index in [2.05, 4.69) is 15.3 Å². The summed E-state index contributed by atoms with van der Waals surface area (Å²) in [4.78, 5) is 8.84. The minimum Gasteiger partial charge on any atom is -0.497 e. The first kappa shape index (κ1) is 14.2. The van der Waals surface area contributed by atoms with E-state index < -0.39 is 0 Å². The van der Waals surface area contributed by atoms with Crippen LogP contribution in [0.15, 0.2) is 18.2 Å². The number of benzene rings is 1. The van der Waals surface area contributed by atoms with Gasteiger partial charge in [-0.2, -0.15) is 0 Å². The Morgan fingerprint density at radius 2 is 2.05 bits per heavy atom. The molecule has 2 aromatic rings. The molecule has 0 radical (unpaired) electrons. The van der Waals surface area contributed by atoms with Crippen molar-refractivity contribution in [2.24, 2.45) is 0 Å². The number of methoxy groups -OCH3 is 1. The van der Waals surface area contributed by atoms with E-state index in [0.29, 0.717) is 29.3 Å². The maximum atomic E-state index is 14.2. The van der Waals surface area contributed by atoms with Crippen LogP contribution in [0.3, 0.4) is 0 Å². The van der Waals surface area contributed by atoms with Gasteiger partial charge in [-0.3, -0.25) is 0 Å². The Hall–Kier alpha value is -2.17. The number of nitrogens with zero attached hydrogens (tertiary/aromatic N) is 2. The molecule has 1 N–H and O–H groups in total. The van der Waals surface area contributed by atoms with Crippen LogP contribution in [0.2, 0.25) is 0 Å². The Labute approximate surface area is 118 Å². The molecule has 0 aliphatic heterocycles. The summed E-state index contributed by atoms with van der Waals surface area (Å²) in [5.41, 5.74) is 1.90. The number of halogens is 1. The first-order valence-electron chi connectivity index (χ1n) is 6.49. The van der Waals surface area contributed by atoms with Gasteiger partial charge in [-0.05, 0) is 19.1 Å². The molecule has 0 atom stereocenters. The second-order valence-electron chi connectivity index (χ2n) is 4.41. The highest BCUT2D eigenvalue weighted by Gasteiger charge is 2.15. The molecule has 1 heterocycles. The lowest BCUT2D eigenvalue weighted by atomic mass is 10.1. The summed E-state index contributed by atoms with van der Waals surface area (Å²) in [6.45, 7) is 3.85. The number of anilines is 1. The second kappa shape index (κ2) is 5.86. The fourth-order valence-corrected chi connectivity index (χ4v) is 2.04. The highest BCUT2D eigenvalue weighted by Crippen LogP contribution is 2.29. The van der Waals surface area contributed by atoms with E-state index in [0.717, 1.165) is 11.4 Å². The molecule has 5 heteroatoms. The van der Waals surface area contributed by atoms with Crippen LogP contribution in [0, 0.1) is 12.7 Å². The number of hydrogen-bond donors (Lipinski definition) is 1. The molecular formula is C15H18FN3O. The van der Waals surface area contributed by atoms with Crippen LogP contribution >= 0.6 is 0 Å². The quantitative estimate of drug-likeness (QED) is 0.930. The van der Waals surface area contributed by atoms with E-state index in [1.165, 1.54) is 13.2 Å². The third-order valence-electron chi connectivity index (χ3n) is 3.18. The van der Waals surface area contributed by atoms with Gasteiger partial charge >= 0.3 is 0 Å². The summed E-state index contributed by atoms with van der Waals surface area (Å²) in [6, 6.07) is 4.77. The predicted molar refractivity (Wildman–Crippen MR) is 77.6 cm³/mol. The minimum atomic E-state index is -0.352. The highest BCUT2D eigenvalue weighted by atomic mass is 19.1. The van der Waals surface area contributed by atoms with Gasteiger partial charge in [0, 0.05) is 30.7 Å². The van der Waals surface area contributed by atoms with Gasteiger partial charge in [-0.1, -0.05) is 6.92 Å². The predicted octanol–water partition coefficient (Wildman–Crippen LogP) is 3.20. The first-order chi connectivity index (χ1) is 9.60. The molecule has 0 saturated heterocycles. The Morgan fingerprint density at radius 1 is 1.30 bits per heavy atom. The van der Waals surface area contributed by atoms with Gasteiger partial charge in [-0.25, -0.2) is 14.4 Å². The molecule has 0 unspecified atom stereocenters. The van der Waals surface area contributed by atoms with Crippen molar-refractivity contribution in [3.63, 3.8) is 0 Å². The average Bonchev–Trinajstić information content (AvgIpc) is 2.47. The normalized spacial score (nSPS) is 10.4. The first-order valence-corrected chi connectivity index (χ1v) is 6.49. The SMILES string of the molecule is CCc1nc(NC)c(C)c(-c2ccc(OC)cc2F)n1. The van der Waals surface area contributed by atoms with Crippen LogP contribution in [-0.2, 0) is 6.42 Å². The molecule has 2 rings (SSSR count). The molecule has 0 bridgehead atoms. The molecule has 0 amide bonds. The van der Waals surface area contributed by atoms with Gasteiger partial charge in [0.25, 0.3) is 0 Å². The monoisotopic (exact) mass is 275 g/mol. The Bertz CT molecular complexity index is 629. The van der Waals surface area contributed by atoms with Gasteiger partial charge in [0.15, 0.2) is 0 Å². The summed E-state index contributed by atoms with van der Waals surface area (Å²) in [5.74, 6) is 1.55. The Kier molecular flexibility index (Phi) is 4.17. The number of rotatable bonds is 4. The lowest BCUT2D eigenvalue weighted by molar-refractivity contribution is 0.411. The fraction of sp³-hybridized carbons (Fsp3) is 0.333. The van der Waals surface area contributed by atoms with E-state index in [-0.39, 0.29) is 5.82 Å². The molecule has 0 spiro atoms. The van der Waals surface area contributed by atoms with E-state index in [1.807, 2.05) is 13.8 Å². The van der Waals surface area contributed by atoms with Gasteiger partial charge in [0.1, 0.15) is 23.2 Å². The van der Waals surface area contributed by atoms with Gasteiger partial charge < -0.3 is 10.1 Å². The summed E-state index contributed by atoms with van der Waals surface area (Å²) in [6.07, 6.45) is 0.694. The van der Waals surface area contributed by atoms with Crippen molar-refractivity contribution in [1.29, 1.82) is 0 Å². The molecule has 0 fully saturated rings. The van der Waals surface area contributed by atoms with Crippen molar-refractivity contribution in [3.8, 4) is 17.0 Å². The molecule has 20 heavy (non-hydrogen) atoms. The van der Waals surface area contributed by atoms with E-state index in [1.54, 1.807) is 19.2 Å². The molecular weight excluding hydrogens is 257 g/mol. The van der Waals surface area contributed by atoms with Crippen LogP contribution in [-0.4, -0.2) is 24.1 Å². The molecule has 0 aliphatic rings. The van der Waals surface area contributed by atoms with Crippen LogP contribution in [0.25, 0.3) is 11.3 Å². The molecule has 0 aliphatic carbocycles. The third kappa shape index (κ3) is 2.57. The molecule has 4 nitrogen and oxygen atoms in total. The zero-order chi connectivity index (χ0) is 14.7. The molecule has 1 aromatic carbocycles. The van der Waals surface area contributed by atoms with Crippen molar-refractivity contribution in [1.82, 2.24) is 9.97 Å². The third-order valence-corrected chi connectivity index (χ3v) is 3.18. The number of nitrogens with one attached hydrogen (secondary N) is 1. The Morgan fingerprint density at radius 3 is 2.60 bits per heavy atom. The summed E-state index contributed by atoms with van der Waals surface area (Å²) in [7, 11) is 3.31. The Balaban J connectivity index is 2.62. The summed E-state index contributed by atoms with van der Waals surface area (Å²) in [5, 5.41) is 3.02. The zero-order valence-electron chi connectivity index (χ0n) is 12.1. The second-order valence-corrected chi connectivity index (χ2v) is 4.41. The standard InChI is InChI=1S/C15H18FN3O/c1-5-13-18-14(9(2)15(17-3)19-13)11-7-6-10(20-4)8-12(11)16/h6-8H,5H2,1-4H3,(H,17,18,19). The van der Waals surface area contributed by atoms with Gasteiger partial charge in [-0.15, -0.1) is 0 Å². The molecule has 106 valence electrons. The maximum Gasteiger partial charge on any atom is 0.136 e. The van der Waals surface area contributed by atoms with Crippen molar-refractivity contribution >= 4 is 5.82 Å². The van der Waals surface area contributed by atoms with Crippen LogP contribution in [0.4, 0.5) is 10.2 Å². The smallest absolute Gasteiger partial charge is 0.136 e. The van der Waals surface area contributed by atoms with Crippen molar-refractivity contribution in [2.45, 2.75) is 20.3 Å². The summed E-state index contributed by atoms with van der Waals surface area (Å²) >= 11 is 0. The minimum absolute atomic E-state index is 0.352. The average molecular weight is 275 g/mol. The van der Waals surface area contributed by atoms with Crippen molar-refractivity contribution in [3.05, 3.63) is 35.4 Å². The van der Waals surface area contributed by atoms with E-state index in [9.17, 15) is 4.39 Å². The molecule has 1 aromatic heterocycles. The number of hydrogen-bond acceptors (Lipinski definition) is 4. The van der Waals surface area contributed by atoms with Crippen molar-refractivity contribution < 1.29 is 9.13 Å². The van der Waals surface area contributed by atoms with Crippen LogP contribution in [0.5, 0.6) is 5.75 Å². The summed E-state index contributed by atoms with van der Waals surface area (Å²) < 4.78 is 19.2. The van der Waals surface area contributed by atoms with Crippen LogP contribution in [0.1, 0.15) is 18.3 Å². The van der Waals surface area contributed by atoms with Crippen LogP contribution < -0.4 is 10.1 Å². The fourth-order valence-electron chi connectivity index (χ4n) is 2.04. The van der Waals surface area contributed by atoms with Gasteiger partial charge in [0.05, 0.1) is 12.8 Å². The molecule has 0 saturated carbocycles. The van der Waals surface area contributed by atoms with E-state index in [4.69, 9.17) is 4.74 Å². The van der Waals surface area contributed by atoms with Crippen molar-refractivity contribution in [2.75, 3.05) is 19.5 Å². The lowest BCUT2D eigenvalue weighted by Crippen LogP contribution is -2.05. The lowest BCUT2D eigenvalue weighted by Gasteiger charge is -2.13. The zero-order valence-corrected chi connectivity index (χ0v) is 12.1. The van der Waals surface area contributed by atoms with E-state index >= 15 is 0 Å². The maximum absolute atomic E-state index is 14.2. The highest BCUT2D eigenvalue weighted by molar-refractivity contribution is 5.69. The van der Waals surface area contributed by atoms with Gasteiger partial charge in [0.2, 0.25) is 0 Å². The largest absolute Gasteiger partial charge is 0.497 e. The number of aromatic nitrogens is 2. The number of ether oxygens (including phenoxy) is 1.